The van der Waals surface area contributed by atoms with E-state index >= 15 is 0 Å². The van der Waals surface area contributed by atoms with Crippen molar-refractivity contribution in [3.05, 3.63) is 59.7 Å². The van der Waals surface area contributed by atoms with Crippen molar-refractivity contribution in [2.24, 2.45) is 5.10 Å². The van der Waals surface area contributed by atoms with Crippen molar-refractivity contribution >= 4 is 27.1 Å². The van der Waals surface area contributed by atoms with Crippen LogP contribution in [0, 0.1) is 6.92 Å². The summed E-state index contributed by atoms with van der Waals surface area (Å²) in [5.74, 6) is 0. The van der Waals surface area contributed by atoms with Gasteiger partial charge in [0.05, 0.1) is 17.1 Å². The second-order valence-corrected chi connectivity index (χ2v) is 8.34. The highest BCUT2D eigenvalue weighted by Gasteiger charge is 2.50. The number of para-hydroxylation sites is 1. The maximum atomic E-state index is 13.3. The van der Waals surface area contributed by atoms with E-state index in [2.05, 4.69) is 5.10 Å². The molecule has 2 rings (SSSR count). The second-order valence-electron chi connectivity index (χ2n) is 6.49. The van der Waals surface area contributed by atoms with E-state index in [1.165, 1.54) is 12.1 Å². The van der Waals surface area contributed by atoms with Crippen molar-refractivity contribution in [2.45, 2.75) is 26.3 Å². The minimum absolute atomic E-state index is 0.0505. The number of sulfonamides is 1. The number of aryl methyl sites for hydroxylation is 1. The largest absolute Gasteiger partial charge is 0.516 e. The Morgan fingerprint density at radius 2 is 1.77 bits per heavy atom. The Labute approximate surface area is 174 Å². The molecular formula is C20H24F3N3O3S. The molecule has 0 radical (unpaired) electrons. The number of alkyl halides is 3. The first-order valence-corrected chi connectivity index (χ1v) is 10.5. The molecule has 0 aliphatic rings. The third-order valence-electron chi connectivity index (χ3n) is 4.24. The molecule has 2 aromatic rings. The molecule has 0 unspecified atom stereocenters. The van der Waals surface area contributed by atoms with Crippen molar-refractivity contribution in [1.29, 1.82) is 0 Å². The van der Waals surface area contributed by atoms with Crippen LogP contribution in [0.25, 0.3) is 0 Å². The minimum atomic E-state index is -5.67. The van der Waals surface area contributed by atoms with Gasteiger partial charge in [0.15, 0.2) is 0 Å². The fourth-order valence-electron chi connectivity index (χ4n) is 2.71. The van der Waals surface area contributed by atoms with Crippen LogP contribution >= 0.6 is 0 Å². The number of hydrazone groups is 1. The van der Waals surface area contributed by atoms with Gasteiger partial charge in [0.2, 0.25) is 0 Å². The molecule has 10 heteroatoms. The maximum absolute atomic E-state index is 13.3. The van der Waals surface area contributed by atoms with E-state index in [0.717, 1.165) is 11.3 Å². The molecule has 0 atom stereocenters. The molecule has 0 aromatic heterocycles. The van der Waals surface area contributed by atoms with Gasteiger partial charge in [-0.1, -0.05) is 29.8 Å². The number of rotatable bonds is 8. The molecule has 0 fully saturated rings. The van der Waals surface area contributed by atoms with Crippen LogP contribution in [0.2, 0.25) is 0 Å². The first-order chi connectivity index (χ1) is 14.0. The van der Waals surface area contributed by atoms with Gasteiger partial charge in [-0.25, -0.2) is 4.31 Å². The lowest BCUT2D eigenvalue weighted by molar-refractivity contribution is -0.0445. The highest BCUT2D eigenvalue weighted by Crippen LogP contribution is 2.33. The Balaban J connectivity index is 2.59. The zero-order chi connectivity index (χ0) is 22.5. The number of ether oxygens (including phenoxy) is 1. The van der Waals surface area contributed by atoms with Crippen LogP contribution in [0.3, 0.4) is 0 Å². The predicted molar refractivity (Wildman–Crippen MR) is 112 cm³/mol. The van der Waals surface area contributed by atoms with Crippen molar-refractivity contribution < 1.29 is 26.3 Å². The number of anilines is 2. The smallest absolute Gasteiger partial charge is 0.360 e. The summed E-state index contributed by atoms with van der Waals surface area (Å²) in [5.41, 5.74) is -3.53. The number of hydrogen-bond donors (Lipinski definition) is 0. The van der Waals surface area contributed by atoms with Crippen LogP contribution in [0.5, 0.6) is 0 Å². The van der Waals surface area contributed by atoms with Crippen molar-refractivity contribution in [3.63, 3.8) is 0 Å². The van der Waals surface area contributed by atoms with E-state index in [1.54, 1.807) is 38.9 Å². The van der Waals surface area contributed by atoms with E-state index in [4.69, 9.17) is 4.74 Å². The molecule has 2 aromatic carbocycles. The Kier molecular flexibility index (Phi) is 7.49. The van der Waals surface area contributed by atoms with E-state index in [-0.39, 0.29) is 22.2 Å². The van der Waals surface area contributed by atoms with Gasteiger partial charge in [-0.05, 0) is 45.0 Å². The topological polar surface area (TPSA) is 62.2 Å². The molecule has 6 nitrogen and oxygen atoms in total. The molecule has 0 amide bonds. The van der Waals surface area contributed by atoms with Crippen molar-refractivity contribution in [2.75, 3.05) is 29.7 Å². The van der Waals surface area contributed by atoms with Crippen LogP contribution in [-0.4, -0.2) is 40.0 Å². The summed E-state index contributed by atoms with van der Waals surface area (Å²) in [7, 11) is -3.98. The van der Waals surface area contributed by atoms with Gasteiger partial charge >= 0.3 is 15.5 Å². The van der Waals surface area contributed by atoms with Crippen LogP contribution in [0.15, 0.2) is 53.6 Å². The van der Waals surface area contributed by atoms with Crippen LogP contribution in [0.4, 0.5) is 24.5 Å². The van der Waals surface area contributed by atoms with Gasteiger partial charge in [0, 0.05) is 19.2 Å². The number of benzene rings is 2. The SMILES string of the molecule is CCOCN(c1ccc(C)cc1/C(C)=N/N(C)c1ccccc1)S(=O)(=O)C(F)(F)F. The van der Waals surface area contributed by atoms with Gasteiger partial charge in [-0.15, -0.1) is 0 Å². The summed E-state index contributed by atoms with van der Waals surface area (Å²) in [6.07, 6.45) is 0. The average Bonchev–Trinajstić information content (AvgIpc) is 2.68. The number of hydrogen-bond acceptors (Lipinski definition) is 5. The molecule has 164 valence electrons. The van der Waals surface area contributed by atoms with Crippen molar-refractivity contribution in [1.82, 2.24) is 0 Å². The molecule has 0 aliphatic heterocycles. The van der Waals surface area contributed by atoms with Gasteiger partial charge in [-0.2, -0.15) is 26.7 Å². The minimum Gasteiger partial charge on any atom is -0.360 e. The number of nitrogens with zero attached hydrogens (tertiary/aromatic N) is 3. The summed E-state index contributed by atoms with van der Waals surface area (Å²) in [4.78, 5) is 0. The monoisotopic (exact) mass is 443 g/mol. The third-order valence-corrected chi connectivity index (χ3v) is 5.70. The summed E-state index contributed by atoms with van der Waals surface area (Å²) >= 11 is 0. The van der Waals surface area contributed by atoms with Gasteiger partial charge in [0.25, 0.3) is 0 Å². The molecule has 0 bridgehead atoms. The zero-order valence-electron chi connectivity index (χ0n) is 17.1. The highest BCUT2D eigenvalue weighted by molar-refractivity contribution is 7.93. The summed E-state index contributed by atoms with van der Waals surface area (Å²) in [6, 6.07) is 13.6. The summed E-state index contributed by atoms with van der Waals surface area (Å²) < 4.78 is 69.7. The Hall–Kier alpha value is -2.59. The molecular weight excluding hydrogens is 419 g/mol. The molecule has 0 saturated heterocycles. The van der Waals surface area contributed by atoms with E-state index in [1.807, 2.05) is 30.3 Å². The normalized spacial score (nSPS) is 12.7. The third kappa shape index (κ3) is 5.31. The van der Waals surface area contributed by atoms with E-state index in [0.29, 0.717) is 5.71 Å². The first-order valence-electron chi connectivity index (χ1n) is 9.10. The summed E-state index contributed by atoms with van der Waals surface area (Å²) in [6.45, 7) is 4.21. The predicted octanol–water partition coefficient (Wildman–Crippen LogP) is 4.51. The second kappa shape index (κ2) is 9.48. The molecule has 0 aliphatic carbocycles. The lowest BCUT2D eigenvalue weighted by Gasteiger charge is -2.27. The molecule has 0 spiro atoms. The zero-order valence-corrected chi connectivity index (χ0v) is 18.0. The van der Waals surface area contributed by atoms with E-state index < -0.39 is 22.3 Å². The van der Waals surface area contributed by atoms with Crippen molar-refractivity contribution in [3.8, 4) is 0 Å². The first kappa shape index (κ1) is 23.7. The standard InChI is InChI=1S/C20H24F3N3O3S/c1-5-29-14-26(30(27,28)20(21,22)23)19-12-11-15(2)13-18(19)16(3)24-25(4)17-9-7-6-8-10-17/h6-13H,5,14H2,1-4H3/b24-16+. The molecule has 30 heavy (non-hydrogen) atoms. The van der Waals surface area contributed by atoms with Gasteiger partial charge in [0.1, 0.15) is 6.73 Å². The van der Waals surface area contributed by atoms with Crippen LogP contribution < -0.4 is 9.31 Å². The highest BCUT2D eigenvalue weighted by atomic mass is 32.2. The van der Waals surface area contributed by atoms with Crippen LogP contribution in [0.1, 0.15) is 25.0 Å². The molecule has 0 heterocycles. The van der Waals surface area contributed by atoms with Gasteiger partial charge in [-0.3, -0.25) is 5.01 Å². The van der Waals surface area contributed by atoms with Crippen LogP contribution in [-0.2, 0) is 14.8 Å². The maximum Gasteiger partial charge on any atom is 0.516 e. The fourth-order valence-corrected chi connectivity index (χ4v) is 3.59. The molecule has 0 saturated carbocycles. The number of halogens is 3. The van der Waals surface area contributed by atoms with Gasteiger partial charge < -0.3 is 4.74 Å². The Morgan fingerprint density at radius 1 is 1.13 bits per heavy atom. The Morgan fingerprint density at radius 3 is 2.33 bits per heavy atom. The van der Waals surface area contributed by atoms with E-state index in [9.17, 15) is 21.6 Å². The lowest BCUT2D eigenvalue weighted by Crippen LogP contribution is -2.42. The molecule has 0 N–H and O–H groups in total. The summed E-state index contributed by atoms with van der Waals surface area (Å²) in [5, 5.41) is 5.99. The Bertz CT molecular complexity index is 993. The average molecular weight is 443 g/mol. The fraction of sp³-hybridized carbons (Fsp3) is 0.350. The quantitative estimate of drug-likeness (QED) is 0.342. The lowest BCUT2D eigenvalue weighted by atomic mass is 10.1.